The second kappa shape index (κ2) is 6.41. The first-order chi connectivity index (χ1) is 9.48. The minimum absolute atomic E-state index is 0.0182. The molecule has 1 amide bonds. The van der Waals surface area contributed by atoms with Gasteiger partial charge in [-0.2, -0.15) is 0 Å². The molecule has 0 aliphatic heterocycles. The molecule has 1 aromatic rings. The topological polar surface area (TPSA) is 89.3 Å². The van der Waals surface area contributed by atoms with Crippen molar-refractivity contribution in [3.8, 4) is 0 Å². The van der Waals surface area contributed by atoms with Crippen LogP contribution in [0.2, 0.25) is 0 Å². The molecule has 5 nitrogen and oxygen atoms in total. The molecule has 8 heteroatoms. The monoisotopic (exact) mass is 380 g/mol. The van der Waals surface area contributed by atoms with Gasteiger partial charge >= 0.3 is 0 Å². The molecule has 0 aliphatic carbocycles. The van der Waals surface area contributed by atoms with Crippen molar-refractivity contribution in [2.24, 2.45) is 5.14 Å². The molecule has 1 rings (SSSR count). The maximum atomic E-state index is 13.6. The summed E-state index contributed by atoms with van der Waals surface area (Å²) in [6, 6.07) is 1.85. The molecule has 0 bridgehead atoms. The van der Waals surface area contributed by atoms with E-state index in [-0.39, 0.29) is 10.0 Å². The average Bonchev–Trinajstić information content (AvgIpc) is 2.25. The molecular formula is C13H18BrFN2O3S. The van der Waals surface area contributed by atoms with E-state index >= 15 is 0 Å². The van der Waals surface area contributed by atoms with Crippen molar-refractivity contribution < 1.29 is 17.6 Å². The minimum Gasteiger partial charge on any atom is -0.347 e. The van der Waals surface area contributed by atoms with E-state index in [2.05, 4.69) is 21.2 Å². The highest BCUT2D eigenvalue weighted by atomic mass is 79.9. The van der Waals surface area contributed by atoms with Crippen molar-refractivity contribution in [1.29, 1.82) is 0 Å². The normalized spacial score (nSPS) is 12.3. The molecule has 1 aromatic carbocycles. The first-order valence-electron chi connectivity index (χ1n) is 6.32. The van der Waals surface area contributed by atoms with Crippen molar-refractivity contribution >= 4 is 31.9 Å². The van der Waals surface area contributed by atoms with Gasteiger partial charge in [-0.3, -0.25) is 4.79 Å². The number of primary sulfonamides is 1. The highest BCUT2D eigenvalue weighted by Crippen LogP contribution is 2.24. The minimum atomic E-state index is -4.24. The van der Waals surface area contributed by atoms with E-state index in [1.807, 2.05) is 20.8 Å². The Bertz CT molecular complexity index is 660. The number of benzene rings is 1. The van der Waals surface area contributed by atoms with Crippen LogP contribution in [0.25, 0.3) is 0 Å². The van der Waals surface area contributed by atoms with Crippen LogP contribution in [0.1, 0.15) is 44.0 Å². The molecular weight excluding hydrogens is 363 g/mol. The van der Waals surface area contributed by atoms with E-state index < -0.39 is 32.2 Å². The van der Waals surface area contributed by atoms with Crippen LogP contribution < -0.4 is 10.5 Å². The van der Waals surface area contributed by atoms with E-state index in [1.54, 1.807) is 0 Å². The zero-order chi connectivity index (χ0) is 16.4. The molecule has 21 heavy (non-hydrogen) atoms. The van der Waals surface area contributed by atoms with Gasteiger partial charge in [0.25, 0.3) is 5.91 Å². The summed E-state index contributed by atoms with van der Waals surface area (Å²) in [6.07, 6.45) is 1.62. The fourth-order valence-electron chi connectivity index (χ4n) is 1.98. The fourth-order valence-corrected chi connectivity index (χ4v) is 3.09. The number of hydrogen-bond acceptors (Lipinski definition) is 3. The van der Waals surface area contributed by atoms with Gasteiger partial charge in [0.15, 0.2) is 0 Å². The van der Waals surface area contributed by atoms with Gasteiger partial charge in [-0.15, -0.1) is 0 Å². The Morgan fingerprint density at radius 1 is 1.43 bits per heavy atom. The predicted molar refractivity (Wildman–Crippen MR) is 81.9 cm³/mol. The third-order valence-electron chi connectivity index (χ3n) is 2.90. The van der Waals surface area contributed by atoms with Gasteiger partial charge in [-0.25, -0.2) is 17.9 Å². The molecule has 0 saturated carbocycles. The standard InChI is InChI=1S/C13H18BrFN2O3S/c1-4-5-13(2,3)17-12(18)8-6-11(21(16,19)20)10(15)7-9(8)14/h6-7H,4-5H2,1-3H3,(H,17,18)(H2,16,19,20). The molecule has 0 aliphatic rings. The van der Waals surface area contributed by atoms with Crippen LogP contribution in [0.15, 0.2) is 21.5 Å². The summed E-state index contributed by atoms with van der Waals surface area (Å²) in [4.78, 5) is 11.5. The zero-order valence-corrected chi connectivity index (χ0v) is 14.4. The summed E-state index contributed by atoms with van der Waals surface area (Å²) >= 11 is 3.06. The number of sulfonamides is 1. The predicted octanol–water partition coefficient (Wildman–Crippen LogP) is 2.54. The number of carbonyl (C=O) groups is 1. The molecule has 0 fully saturated rings. The summed E-state index contributed by atoms with van der Waals surface area (Å²) in [7, 11) is -4.24. The van der Waals surface area contributed by atoms with Gasteiger partial charge in [-0.05, 0) is 48.3 Å². The molecule has 0 saturated heterocycles. The van der Waals surface area contributed by atoms with Gasteiger partial charge in [0.2, 0.25) is 10.0 Å². The summed E-state index contributed by atoms with van der Waals surface area (Å²) in [5, 5.41) is 7.72. The lowest BCUT2D eigenvalue weighted by molar-refractivity contribution is 0.0908. The maximum absolute atomic E-state index is 13.6. The molecule has 0 heterocycles. The lowest BCUT2D eigenvalue weighted by Gasteiger charge is -2.26. The Kier molecular flexibility index (Phi) is 5.51. The Hall–Kier alpha value is -0.990. The highest BCUT2D eigenvalue weighted by molar-refractivity contribution is 9.10. The van der Waals surface area contributed by atoms with E-state index in [0.29, 0.717) is 0 Å². The summed E-state index contributed by atoms with van der Waals surface area (Å²) in [6.45, 7) is 5.69. The number of rotatable bonds is 5. The number of carbonyl (C=O) groups excluding carboxylic acids is 1. The van der Waals surface area contributed by atoms with Crippen LogP contribution in [0, 0.1) is 5.82 Å². The molecule has 0 aromatic heterocycles. The lowest BCUT2D eigenvalue weighted by Crippen LogP contribution is -2.43. The van der Waals surface area contributed by atoms with E-state index in [1.165, 1.54) is 0 Å². The number of nitrogens with one attached hydrogen (secondary N) is 1. The summed E-state index contributed by atoms with van der Waals surface area (Å²) < 4.78 is 36.4. The van der Waals surface area contributed by atoms with Gasteiger partial charge in [0, 0.05) is 10.0 Å². The second-order valence-electron chi connectivity index (χ2n) is 5.40. The smallest absolute Gasteiger partial charge is 0.252 e. The van der Waals surface area contributed by atoms with Gasteiger partial charge < -0.3 is 5.32 Å². The van der Waals surface area contributed by atoms with E-state index in [4.69, 9.17) is 5.14 Å². The van der Waals surface area contributed by atoms with Crippen LogP contribution >= 0.6 is 15.9 Å². The Morgan fingerprint density at radius 3 is 2.48 bits per heavy atom. The van der Waals surface area contributed by atoms with Crippen LogP contribution in [-0.2, 0) is 10.0 Å². The Balaban J connectivity index is 3.22. The largest absolute Gasteiger partial charge is 0.347 e. The molecule has 0 atom stereocenters. The summed E-state index contributed by atoms with van der Waals surface area (Å²) in [5.41, 5.74) is -0.439. The van der Waals surface area contributed by atoms with Crippen LogP contribution in [-0.4, -0.2) is 19.9 Å². The molecule has 0 unspecified atom stereocenters. The fraction of sp³-hybridized carbons (Fsp3) is 0.462. The van der Waals surface area contributed by atoms with Gasteiger partial charge in [-0.1, -0.05) is 13.3 Å². The van der Waals surface area contributed by atoms with E-state index in [9.17, 15) is 17.6 Å². The molecule has 0 radical (unpaired) electrons. The molecule has 3 N–H and O–H groups in total. The van der Waals surface area contributed by atoms with Gasteiger partial charge in [0.1, 0.15) is 10.7 Å². The van der Waals surface area contributed by atoms with Crippen LogP contribution in [0.3, 0.4) is 0 Å². The quantitative estimate of drug-likeness (QED) is 0.822. The van der Waals surface area contributed by atoms with Gasteiger partial charge in [0.05, 0.1) is 5.56 Å². The number of amides is 1. The van der Waals surface area contributed by atoms with Crippen molar-refractivity contribution in [1.82, 2.24) is 5.32 Å². The van der Waals surface area contributed by atoms with Crippen molar-refractivity contribution in [3.63, 3.8) is 0 Å². The zero-order valence-electron chi connectivity index (χ0n) is 12.0. The Labute approximate surface area is 132 Å². The number of hydrogen-bond donors (Lipinski definition) is 2. The SMILES string of the molecule is CCCC(C)(C)NC(=O)c1cc(S(N)(=O)=O)c(F)cc1Br. The lowest BCUT2D eigenvalue weighted by atomic mass is 9.98. The molecule has 118 valence electrons. The average molecular weight is 381 g/mol. The van der Waals surface area contributed by atoms with Crippen molar-refractivity contribution in [3.05, 3.63) is 28.0 Å². The van der Waals surface area contributed by atoms with E-state index in [0.717, 1.165) is 25.0 Å². The number of nitrogens with two attached hydrogens (primary N) is 1. The first-order valence-corrected chi connectivity index (χ1v) is 8.66. The Morgan fingerprint density at radius 2 is 2.00 bits per heavy atom. The van der Waals surface area contributed by atoms with Crippen LogP contribution in [0.4, 0.5) is 4.39 Å². The summed E-state index contributed by atoms with van der Waals surface area (Å²) in [5.74, 6) is -1.50. The number of halogens is 2. The maximum Gasteiger partial charge on any atom is 0.252 e. The third kappa shape index (κ3) is 4.76. The van der Waals surface area contributed by atoms with Crippen LogP contribution in [0.5, 0.6) is 0 Å². The van der Waals surface area contributed by atoms with Crippen molar-refractivity contribution in [2.75, 3.05) is 0 Å². The second-order valence-corrected chi connectivity index (χ2v) is 7.78. The highest BCUT2D eigenvalue weighted by Gasteiger charge is 2.24. The van der Waals surface area contributed by atoms with Crippen molar-refractivity contribution in [2.45, 2.75) is 44.0 Å². The first kappa shape index (κ1) is 18.1. The molecule has 0 spiro atoms. The third-order valence-corrected chi connectivity index (χ3v) is 4.48.